The van der Waals surface area contributed by atoms with Gasteiger partial charge in [0, 0.05) is 13.2 Å². The zero-order valence-corrected chi connectivity index (χ0v) is 14.3. The number of anilines is 1. The summed E-state index contributed by atoms with van der Waals surface area (Å²) in [5, 5.41) is 0.292. The lowest BCUT2D eigenvalue weighted by molar-refractivity contribution is 0.0531. The number of thiophene rings is 1. The SMILES string of the molecule is CCOC(=O)c1sc(NS(=O)(=O)c2cn(C)c(C)n2)cc1C. The van der Waals surface area contributed by atoms with Crippen LogP contribution in [0.2, 0.25) is 0 Å². The number of hydrogen-bond donors (Lipinski definition) is 1. The van der Waals surface area contributed by atoms with Gasteiger partial charge in [0.05, 0.1) is 6.61 Å². The topological polar surface area (TPSA) is 90.3 Å². The number of aromatic nitrogens is 2. The molecule has 0 saturated heterocycles. The molecule has 0 aliphatic carbocycles. The fourth-order valence-electron chi connectivity index (χ4n) is 1.77. The number of aryl methyl sites for hydroxylation is 3. The van der Waals surface area contributed by atoms with Crippen molar-refractivity contribution in [2.45, 2.75) is 25.8 Å². The van der Waals surface area contributed by atoms with Crippen LogP contribution in [-0.2, 0) is 21.8 Å². The van der Waals surface area contributed by atoms with Crippen LogP contribution in [0.25, 0.3) is 0 Å². The first-order chi connectivity index (χ1) is 10.2. The summed E-state index contributed by atoms with van der Waals surface area (Å²) in [6.45, 7) is 5.43. The van der Waals surface area contributed by atoms with Gasteiger partial charge in [0.25, 0.3) is 10.0 Å². The third-order valence-electron chi connectivity index (χ3n) is 2.98. The number of nitrogens with zero attached hydrogens (tertiary/aromatic N) is 2. The van der Waals surface area contributed by atoms with Crippen LogP contribution in [0.3, 0.4) is 0 Å². The molecule has 0 aliphatic heterocycles. The van der Waals surface area contributed by atoms with Crippen LogP contribution in [0.4, 0.5) is 5.00 Å². The Morgan fingerprint density at radius 1 is 1.45 bits per heavy atom. The molecule has 0 radical (unpaired) electrons. The highest BCUT2D eigenvalue weighted by Crippen LogP contribution is 2.29. The van der Waals surface area contributed by atoms with Gasteiger partial charge in [-0.1, -0.05) is 0 Å². The second kappa shape index (κ2) is 6.09. The van der Waals surface area contributed by atoms with Crippen LogP contribution < -0.4 is 4.72 Å². The predicted octanol–water partition coefficient (Wildman–Crippen LogP) is 2.08. The van der Waals surface area contributed by atoms with Crippen LogP contribution in [0, 0.1) is 13.8 Å². The number of esters is 1. The Hall–Kier alpha value is -1.87. The molecular weight excluding hydrogens is 326 g/mol. The number of carbonyl (C=O) groups is 1. The van der Waals surface area contributed by atoms with Gasteiger partial charge in [0.15, 0.2) is 5.03 Å². The number of carbonyl (C=O) groups excluding carboxylic acids is 1. The Labute approximate surface area is 133 Å². The summed E-state index contributed by atoms with van der Waals surface area (Å²) in [4.78, 5) is 16.1. The van der Waals surface area contributed by atoms with Gasteiger partial charge in [-0.05, 0) is 32.4 Å². The van der Waals surface area contributed by atoms with Gasteiger partial charge in [-0.25, -0.2) is 9.78 Å². The Balaban J connectivity index is 2.27. The van der Waals surface area contributed by atoms with Crippen molar-refractivity contribution in [2.75, 3.05) is 11.3 Å². The Morgan fingerprint density at radius 3 is 2.68 bits per heavy atom. The number of hydrogen-bond acceptors (Lipinski definition) is 6. The largest absolute Gasteiger partial charge is 0.462 e. The number of nitrogens with one attached hydrogen (secondary N) is 1. The van der Waals surface area contributed by atoms with Crippen molar-refractivity contribution in [1.82, 2.24) is 9.55 Å². The lowest BCUT2D eigenvalue weighted by atomic mass is 10.3. The first kappa shape index (κ1) is 16.5. The quantitative estimate of drug-likeness (QED) is 0.839. The molecule has 0 bridgehead atoms. The van der Waals surface area contributed by atoms with Gasteiger partial charge in [-0.2, -0.15) is 8.42 Å². The Morgan fingerprint density at radius 2 is 2.14 bits per heavy atom. The molecule has 1 N–H and O–H groups in total. The molecule has 2 aromatic rings. The average molecular weight is 343 g/mol. The zero-order chi connectivity index (χ0) is 16.5. The standard InChI is InChI=1S/C13H17N3O4S2/c1-5-20-13(17)12-8(2)6-10(21-12)15-22(18,19)11-7-16(4)9(3)14-11/h6-7,15H,5H2,1-4H3. The molecule has 2 aromatic heterocycles. The summed E-state index contributed by atoms with van der Waals surface area (Å²) in [6.07, 6.45) is 1.43. The van der Waals surface area contributed by atoms with Crippen LogP contribution in [-0.4, -0.2) is 30.5 Å². The smallest absolute Gasteiger partial charge is 0.348 e. The first-order valence-electron chi connectivity index (χ1n) is 6.55. The lowest BCUT2D eigenvalue weighted by Crippen LogP contribution is -2.12. The third kappa shape index (κ3) is 3.30. The average Bonchev–Trinajstić information content (AvgIpc) is 2.94. The third-order valence-corrected chi connectivity index (χ3v) is 5.47. The van der Waals surface area contributed by atoms with Gasteiger partial charge < -0.3 is 9.30 Å². The van der Waals surface area contributed by atoms with E-state index < -0.39 is 16.0 Å². The Kier molecular flexibility index (Phi) is 4.57. The Bertz CT molecular complexity index is 786. The van der Waals surface area contributed by atoms with E-state index >= 15 is 0 Å². The highest BCUT2D eigenvalue weighted by Gasteiger charge is 2.22. The summed E-state index contributed by atoms with van der Waals surface area (Å²) < 4.78 is 33.6. The van der Waals surface area contributed by atoms with E-state index in [-0.39, 0.29) is 11.6 Å². The van der Waals surface area contributed by atoms with E-state index in [2.05, 4.69) is 9.71 Å². The van der Waals surface area contributed by atoms with E-state index in [9.17, 15) is 13.2 Å². The molecule has 0 fully saturated rings. The fourth-order valence-corrected chi connectivity index (χ4v) is 4.06. The molecule has 7 nitrogen and oxygen atoms in total. The maximum absolute atomic E-state index is 12.3. The first-order valence-corrected chi connectivity index (χ1v) is 8.85. The normalized spacial score (nSPS) is 11.5. The van der Waals surface area contributed by atoms with Gasteiger partial charge >= 0.3 is 5.97 Å². The van der Waals surface area contributed by atoms with E-state index in [1.54, 1.807) is 38.5 Å². The number of rotatable bonds is 5. The summed E-state index contributed by atoms with van der Waals surface area (Å²) in [7, 11) is -2.06. The maximum Gasteiger partial charge on any atom is 0.348 e. The van der Waals surface area contributed by atoms with Crippen molar-refractivity contribution in [2.24, 2.45) is 7.05 Å². The van der Waals surface area contributed by atoms with Crippen molar-refractivity contribution >= 4 is 32.3 Å². The van der Waals surface area contributed by atoms with Crippen LogP contribution in [0.1, 0.15) is 28.0 Å². The minimum atomic E-state index is -3.78. The number of imidazole rings is 1. The molecule has 0 spiro atoms. The van der Waals surface area contributed by atoms with E-state index in [1.807, 2.05) is 0 Å². The maximum atomic E-state index is 12.3. The lowest BCUT2D eigenvalue weighted by Gasteiger charge is -2.02. The summed E-state index contributed by atoms with van der Waals surface area (Å²) in [6, 6.07) is 1.60. The van der Waals surface area contributed by atoms with Crippen molar-refractivity contribution in [3.8, 4) is 0 Å². The van der Waals surface area contributed by atoms with Crippen LogP contribution in [0.5, 0.6) is 0 Å². The van der Waals surface area contributed by atoms with Crippen molar-refractivity contribution in [3.05, 3.63) is 28.5 Å². The van der Waals surface area contributed by atoms with Gasteiger partial charge in [0.2, 0.25) is 0 Å². The monoisotopic (exact) mass is 343 g/mol. The highest BCUT2D eigenvalue weighted by molar-refractivity contribution is 7.92. The molecule has 0 aliphatic rings. The van der Waals surface area contributed by atoms with Crippen molar-refractivity contribution in [3.63, 3.8) is 0 Å². The summed E-state index contributed by atoms with van der Waals surface area (Å²) in [5.41, 5.74) is 0.665. The molecule has 9 heteroatoms. The van der Waals surface area contributed by atoms with Gasteiger partial charge in [-0.15, -0.1) is 11.3 Å². The zero-order valence-electron chi connectivity index (χ0n) is 12.7. The van der Waals surface area contributed by atoms with E-state index in [4.69, 9.17) is 4.74 Å². The van der Waals surface area contributed by atoms with Gasteiger partial charge in [-0.3, -0.25) is 4.72 Å². The molecule has 0 amide bonds. The number of sulfonamides is 1. The van der Waals surface area contributed by atoms with Crippen molar-refractivity contribution < 1.29 is 17.9 Å². The number of ether oxygens (including phenoxy) is 1. The molecule has 120 valence electrons. The molecule has 0 unspecified atom stereocenters. The molecule has 0 atom stereocenters. The molecule has 22 heavy (non-hydrogen) atoms. The predicted molar refractivity (Wildman–Crippen MR) is 83.8 cm³/mol. The fraction of sp³-hybridized carbons (Fsp3) is 0.385. The highest BCUT2D eigenvalue weighted by atomic mass is 32.2. The summed E-state index contributed by atoms with van der Waals surface area (Å²) >= 11 is 1.04. The van der Waals surface area contributed by atoms with Gasteiger partial charge in [0.1, 0.15) is 15.7 Å². The van der Waals surface area contributed by atoms with E-state index in [1.165, 1.54) is 6.20 Å². The summed E-state index contributed by atoms with van der Waals surface area (Å²) in [5.74, 6) is 0.138. The second-order valence-electron chi connectivity index (χ2n) is 4.69. The minimum absolute atomic E-state index is 0.0590. The van der Waals surface area contributed by atoms with Crippen molar-refractivity contribution in [1.29, 1.82) is 0 Å². The second-order valence-corrected chi connectivity index (χ2v) is 7.37. The van der Waals surface area contributed by atoms with E-state index in [0.717, 1.165) is 11.3 Å². The molecule has 0 saturated carbocycles. The van der Waals surface area contributed by atoms with Crippen LogP contribution in [0.15, 0.2) is 17.3 Å². The van der Waals surface area contributed by atoms with Crippen LogP contribution >= 0.6 is 11.3 Å². The molecular formula is C13H17N3O4S2. The van der Waals surface area contributed by atoms with E-state index in [0.29, 0.717) is 21.3 Å². The molecule has 2 rings (SSSR count). The molecule has 2 heterocycles. The minimum Gasteiger partial charge on any atom is -0.462 e. The molecule has 0 aromatic carbocycles.